The van der Waals surface area contributed by atoms with Crippen LogP contribution in [0.3, 0.4) is 0 Å². The molecule has 2 atom stereocenters. The Kier molecular flexibility index (Phi) is 2.87. The van der Waals surface area contributed by atoms with Crippen molar-refractivity contribution in [1.29, 1.82) is 0 Å². The van der Waals surface area contributed by atoms with Crippen molar-refractivity contribution in [3.63, 3.8) is 0 Å². The molecule has 0 heterocycles. The summed E-state index contributed by atoms with van der Waals surface area (Å²) in [6.07, 6.45) is 9.24. The van der Waals surface area contributed by atoms with E-state index in [1.807, 2.05) is 0 Å². The third kappa shape index (κ3) is 2.09. The van der Waals surface area contributed by atoms with Gasteiger partial charge in [-0.05, 0) is 31.6 Å². The van der Waals surface area contributed by atoms with Crippen molar-refractivity contribution >= 4 is 0 Å². The molecule has 0 N–H and O–H groups in total. The SMILES string of the molecule is C/C1=C\CC[C+](C)[C@@H]2CC(C)(C)[C@@H]2CC1. The van der Waals surface area contributed by atoms with E-state index in [1.165, 1.54) is 32.1 Å². The van der Waals surface area contributed by atoms with Crippen molar-refractivity contribution in [2.24, 2.45) is 17.3 Å². The van der Waals surface area contributed by atoms with Crippen molar-refractivity contribution in [2.45, 2.75) is 59.8 Å². The molecule has 0 bridgehead atoms. The molecule has 0 amide bonds. The van der Waals surface area contributed by atoms with E-state index in [-0.39, 0.29) is 0 Å². The van der Waals surface area contributed by atoms with Gasteiger partial charge in [-0.1, -0.05) is 25.5 Å². The van der Waals surface area contributed by atoms with Gasteiger partial charge in [-0.15, -0.1) is 0 Å². The van der Waals surface area contributed by atoms with Gasteiger partial charge in [0.15, 0.2) is 0 Å². The van der Waals surface area contributed by atoms with Gasteiger partial charge in [-0.3, -0.25) is 0 Å². The first-order chi connectivity index (χ1) is 7.00. The van der Waals surface area contributed by atoms with Crippen LogP contribution in [0.25, 0.3) is 0 Å². The first-order valence-corrected chi connectivity index (χ1v) is 6.48. The highest BCUT2D eigenvalue weighted by Crippen LogP contribution is 2.57. The Hall–Kier alpha value is -0.390. The Morgan fingerprint density at radius 3 is 2.80 bits per heavy atom. The van der Waals surface area contributed by atoms with Gasteiger partial charge in [0.2, 0.25) is 0 Å². The molecule has 0 aromatic heterocycles. The largest absolute Gasteiger partial charge is 0.104 e. The van der Waals surface area contributed by atoms with Gasteiger partial charge in [0.1, 0.15) is 5.92 Å². The summed E-state index contributed by atoms with van der Waals surface area (Å²) in [7, 11) is 0. The third-order valence-corrected chi connectivity index (χ3v) is 4.75. The van der Waals surface area contributed by atoms with Gasteiger partial charge in [-0.2, -0.15) is 0 Å². The number of hydrogen-bond donors (Lipinski definition) is 0. The highest BCUT2D eigenvalue weighted by atomic mass is 14.5. The molecule has 0 aromatic rings. The van der Waals surface area contributed by atoms with E-state index in [1.54, 1.807) is 11.5 Å². The molecule has 2 rings (SSSR count). The second-order valence-electron chi connectivity index (χ2n) is 6.38. The molecule has 0 aromatic carbocycles. The molecular formula is C15H25+. The van der Waals surface area contributed by atoms with E-state index >= 15 is 0 Å². The summed E-state index contributed by atoms with van der Waals surface area (Å²) in [5.74, 6) is 3.67. The number of hydrogen-bond acceptors (Lipinski definition) is 0. The van der Waals surface area contributed by atoms with Crippen LogP contribution in [0.15, 0.2) is 11.6 Å². The highest BCUT2D eigenvalue weighted by Gasteiger charge is 2.54. The zero-order valence-corrected chi connectivity index (χ0v) is 10.8. The summed E-state index contributed by atoms with van der Waals surface area (Å²) in [4.78, 5) is 0. The van der Waals surface area contributed by atoms with Gasteiger partial charge in [-0.25, -0.2) is 0 Å². The smallest absolute Gasteiger partial charge is 0.0814 e. The monoisotopic (exact) mass is 205 g/mol. The van der Waals surface area contributed by atoms with E-state index in [2.05, 4.69) is 33.8 Å². The maximum atomic E-state index is 2.46. The average molecular weight is 205 g/mol. The lowest BCUT2D eigenvalue weighted by atomic mass is 9.51. The zero-order chi connectivity index (χ0) is 11.1. The molecule has 0 nitrogen and oxygen atoms in total. The fraction of sp³-hybridized carbons (Fsp3) is 0.800. The van der Waals surface area contributed by atoms with Gasteiger partial charge in [0.25, 0.3) is 0 Å². The minimum absolute atomic E-state index is 0.608. The Morgan fingerprint density at radius 2 is 2.13 bits per heavy atom. The molecule has 0 heteroatoms. The number of rotatable bonds is 0. The van der Waals surface area contributed by atoms with Crippen molar-refractivity contribution in [2.75, 3.05) is 0 Å². The van der Waals surface area contributed by atoms with E-state index < -0.39 is 0 Å². The van der Waals surface area contributed by atoms with Crippen LogP contribution >= 0.6 is 0 Å². The lowest BCUT2D eigenvalue weighted by Crippen LogP contribution is -2.46. The number of fused-ring (bicyclic) bond motifs is 1. The standard InChI is InChI=1S/C15H25/c1-11-6-5-7-12(2)13-10-15(3,4)14(13)9-8-11/h6,13-14H,5,7-10H2,1-4H3/q+1/b11-6+/t13-,14+/m0/s1. The van der Waals surface area contributed by atoms with Gasteiger partial charge >= 0.3 is 0 Å². The van der Waals surface area contributed by atoms with Gasteiger partial charge in [0.05, 0.1) is 19.3 Å². The fourth-order valence-electron chi connectivity index (χ4n) is 3.57. The summed E-state index contributed by atoms with van der Waals surface area (Å²) in [6, 6.07) is 0. The van der Waals surface area contributed by atoms with E-state index in [0.717, 1.165) is 11.8 Å². The van der Waals surface area contributed by atoms with Crippen molar-refractivity contribution in [3.05, 3.63) is 17.6 Å². The second-order valence-corrected chi connectivity index (χ2v) is 6.38. The lowest BCUT2D eigenvalue weighted by molar-refractivity contribution is -0.00935. The normalized spacial score (nSPS) is 38.9. The summed E-state index contributed by atoms with van der Waals surface area (Å²) in [5, 5.41) is 0. The molecular weight excluding hydrogens is 180 g/mol. The summed E-state index contributed by atoms with van der Waals surface area (Å²) < 4.78 is 0. The van der Waals surface area contributed by atoms with Crippen LogP contribution in [0.1, 0.15) is 59.8 Å². The van der Waals surface area contributed by atoms with E-state index in [9.17, 15) is 0 Å². The first kappa shape index (κ1) is 11.1. The van der Waals surface area contributed by atoms with Crippen LogP contribution < -0.4 is 0 Å². The van der Waals surface area contributed by atoms with Crippen LogP contribution in [0.5, 0.6) is 0 Å². The second kappa shape index (κ2) is 3.88. The van der Waals surface area contributed by atoms with Crippen molar-refractivity contribution < 1.29 is 0 Å². The highest BCUT2D eigenvalue weighted by molar-refractivity contribution is 5.12. The molecule has 2 aliphatic rings. The summed E-state index contributed by atoms with van der Waals surface area (Å²) in [6.45, 7) is 9.61. The molecule has 0 unspecified atom stereocenters. The maximum absolute atomic E-state index is 2.46. The molecule has 0 saturated heterocycles. The molecule has 1 fully saturated rings. The predicted octanol–water partition coefficient (Wildman–Crippen LogP) is 4.76. The maximum Gasteiger partial charge on any atom is 0.104 e. The molecule has 0 aliphatic heterocycles. The minimum Gasteiger partial charge on any atom is -0.0814 e. The van der Waals surface area contributed by atoms with Crippen molar-refractivity contribution in [1.82, 2.24) is 0 Å². The Balaban J connectivity index is 2.08. The Morgan fingerprint density at radius 1 is 1.40 bits per heavy atom. The van der Waals surface area contributed by atoms with Crippen LogP contribution in [-0.4, -0.2) is 0 Å². The lowest BCUT2D eigenvalue weighted by Gasteiger charge is -2.49. The Bertz CT molecular complexity index is 259. The molecule has 2 aliphatic carbocycles. The predicted molar refractivity (Wildman–Crippen MR) is 66.5 cm³/mol. The molecule has 84 valence electrons. The Labute approximate surface area is 95.1 Å². The van der Waals surface area contributed by atoms with Crippen LogP contribution in [-0.2, 0) is 0 Å². The zero-order valence-electron chi connectivity index (χ0n) is 10.8. The quantitative estimate of drug-likeness (QED) is 0.395. The number of allylic oxidation sites excluding steroid dienone is 2. The third-order valence-electron chi connectivity index (χ3n) is 4.75. The molecule has 15 heavy (non-hydrogen) atoms. The molecule has 0 radical (unpaired) electrons. The molecule has 1 saturated carbocycles. The molecule has 0 spiro atoms. The minimum atomic E-state index is 0.608. The first-order valence-electron chi connectivity index (χ1n) is 6.48. The van der Waals surface area contributed by atoms with Gasteiger partial charge < -0.3 is 0 Å². The summed E-state index contributed by atoms with van der Waals surface area (Å²) in [5.41, 5.74) is 2.22. The fourth-order valence-corrected chi connectivity index (χ4v) is 3.57. The topological polar surface area (TPSA) is 0 Å². The van der Waals surface area contributed by atoms with Crippen LogP contribution in [0.4, 0.5) is 0 Å². The van der Waals surface area contributed by atoms with Crippen LogP contribution in [0, 0.1) is 23.2 Å². The van der Waals surface area contributed by atoms with Crippen molar-refractivity contribution in [3.8, 4) is 0 Å². The van der Waals surface area contributed by atoms with Gasteiger partial charge in [0, 0.05) is 12.3 Å². The van der Waals surface area contributed by atoms with Crippen LogP contribution in [0.2, 0.25) is 0 Å². The van der Waals surface area contributed by atoms with E-state index in [0.29, 0.717) is 5.41 Å². The summed E-state index contributed by atoms with van der Waals surface area (Å²) >= 11 is 0. The van der Waals surface area contributed by atoms with E-state index in [4.69, 9.17) is 0 Å². The average Bonchev–Trinajstić information content (AvgIpc) is 2.18.